The molecule has 0 aromatic carbocycles. The Hall–Kier alpha value is -1.14. The van der Waals surface area contributed by atoms with Crippen LogP contribution >= 0.6 is 11.3 Å². The molecule has 0 atom stereocenters. The molecule has 0 saturated carbocycles. The fourth-order valence-corrected chi connectivity index (χ4v) is 1.53. The van der Waals surface area contributed by atoms with Crippen LogP contribution in [0.15, 0.2) is 0 Å². The molecule has 12 heavy (non-hydrogen) atoms. The summed E-state index contributed by atoms with van der Waals surface area (Å²) in [5.74, 6) is 0. The summed E-state index contributed by atoms with van der Waals surface area (Å²) in [6.45, 7) is 1.61. The Morgan fingerprint density at radius 3 is 2.83 bits per heavy atom. The van der Waals surface area contributed by atoms with Gasteiger partial charge in [0.05, 0.1) is 17.2 Å². The van der Waals surface area contributed by atoms with E-state index < -0.39 is 6.09 Å². The first kappa shape index (κ1) is 8.95. The van der Waals surface area contributed by atoms with E-state index in [1.165, 1.54) is 0 Å². The van der Waals surface area contributed by atoms with E-state index in [1.807, 2.05) is 0 Å². The fourth-order valence-electron chi connectivity index (χ4n) is 0.720. The summed E-state index contributed by atoms with van der Waals surface area (Å²) in [6, 6.07) is 0. The second kappa shape index (κ2) is 3.51. The van der Waals surface area contributed by atoms with Crippen molar-refractivity contribution in [2.24, 2.45) is 0 Å². The molecule has 0 fully saturated rings. The molecular formula is C6H8N2O3S. The summed E-state index contributed by atoms with van der Waals surface area (Å²) < 4.78 is 0. The summed E-state index contributed by atoms with van der Waals surface area (Å²) in [7, 11) is 0. The second-order valence-corrected chi connectivity index (χ2v) is 3.20. The molecule has 1 heterocycles. The zero-order chi connectivity index (χ0) is 9.14. The van der Waals surface area contributed by atoms with E-state index in [0.29, 0.717) is 15.7 Å². The minimum atomic E-state index is -1.15. The molecule has 66 valence electrons. The molecule has 0 aliphatic carbocycles. The smallest absolute Gasteiger partial charge is 0.410 e. The molecule has 3 N–H and O–H groups in total. The van der Waals surface area contributed by atoms with Gasteiger partial charge in [-0.3, -0.25) is 5.32 Å². The van der Waals surface area contributed by atoms with Crippen LogP contribution in [0.25, 0.3) is 0 Å². The molecule has 1 aromatic rings. The maximum absolute atomic E-state index is 10.2. The number of hydrogen-bond donors (Lipinski definition) is 3. The predicted molar refractivity (Wildman–Crippen MR) is 44.4 cm³/mol. The number of aliphatic hydroxyl groups is 1. The highest BCUT2D eigenvalue weighted by molar-refractivity contribution is 7.15. The first-order valence-electron chi connectivity index (χ1n) is 3.20. The molecule has 0 unspecified atom stereocenters. The maximum Gasteiger partial charge on any atom is 0.410 e. The lowest BCUT2D eigenvalue weighted by atomic mass is 10.4. The molecule has 1 amide bonds. The molecule has 0 bridgehead atoms. The van der Waals surface area contributed by atoms with Crippen molar-refractivity contribution in [1.82, 2.24) is 4.98 Å². The summed E-state index contributed by atoms with van der Waals surface area (Å²) >= 11 is 1.13. The monoisotopic (exact) mass is 188 g/mol. The lowest BCUT2D eigenvalue weighted by molar-refractivity contribution is 0.209. The number of thiazole rings is 1. The zero-order valence-electron chi connectivity index (χ0n) is 6.37. The third kappa shape index (κ3) is 1.93. The molecule has 1 aromatic heterocycles. The van der Waals surface area contributed by atoms with Crippen LogP contribution in [0.1, 0.15) is 10.6 Å². The van der Waals surface area contributed by atoms with Gasteiger partial charge in [0.25, 0.3) is 0 Å². The van der Waals surface area contributed by atoms with E-state index >= 15 is 0 Å². The van der Waals surface area contributed by atoms with Gasteiger partial charge in [0.1, 0.15) is 0 Å². The first-order valence-corrected chi connectivity index (χ1v) is 4.02. The van der Waals surface area contributed by atoms with Crippen LogP contribution in [0.4, 0.5) is 9.93 Å². The summed E-state index contributed by atoms with van der Waals surface area (Å²) in [5, 5.41) is 19.5. The minimum Gasteiger partial charge on any atom is -0.465 e. The summed E-state index contributed by atoms with van der Waals surface area (Å²) in [5.41, 5.74) is 0.659. The fraction of sp³-hybridized carbons (Fsp3) is 0.333. The lowest BCUT2D eigenvalue weighted by Gasteiger charge is -1.90. The maximum atomic E-state index is 10.2. The van der Waals surface area contributed by atoms with E-state index in [1.54, 1.807) is 6.92 Å². The van der Waals surface area contributed by atoms with Gasteiger partial charge in [0.15, 0.2) is 5.13 Å². The Labute approximate surface area is 72.7 Å². The van der Waals surface area contributed by atoms with Gasteiger partial charge in [-0.1, -0.05) is 11.3 Å². The number of aliphatic hydroxyl groups excluding tert-OH is 1. The molecule has 6 heteroatoms. The molecule has 5 nitrogen and oxygen atoms in total. The molecule has 0 radical (unpaired) electrons. The molecular weight excluding hydrogens is 180 g/mol. The van der Waals surface area contributed by atoms with Crippen molar-refractivity contribution in [2.45, 2.75) is 13.5 Å². The molecule has 1 rings (SSSR count). The first-order chi connectivity index (χ1) is 5.63. The number of rotatable bonds is 2. The van der Waals surface area contributed by atoms with Gasteiger partial charge in [-0.05, 0) is 6.92 Å². The SMILES string of the molecule is Cc1nc(NC(=O)O)sc1CO. The quantitative estimate of drug-likeness (QED) is 0.647. The van der Waals surface area contributed by atoms with Crippen molar-refractivity contribution >= 4 is 22.6 Å². The highest BCUT2D eigenvalue weighted by Gasteiger charge is 2.07. The van der Waals surface area contributed by atoms with Crippen molar-refractivity contribution in [2.75, 3.05) is 5.32 Å². The summed E-state index contributed by atoms with van der Waals surface area (Å²) in [6.07, 6.45) is -1.15. The largest absolute Gasteiger partial charge is 0.465 e. The Bertz CT molecular complexity index is 297. The van der Waals surface area contributed by atoms with Gasteiger partial charge in [-0.15, -0.1) is 0 Å². The normalized spacial score (nSPS) is 9.83. The van der Waals surface area contributed by atoms with Crippen LogP contribution < -0.4 is 5.32 Å². The van der Waals surface area contributed by atoms with Gasteiger partial charge in [-0.25, -0.2) is 9.78 Å². The Morgan fingerprint density at radius 1 is 1.75 bits per heavy atom. The number of aryl methyl sites for hydroxylation is 1. The van der Waals surface area contributed by atoms with Gasteiger partial charge in [-0.2, -0.15) is 0 Å². The van der Waals surface area contributed by atoms with Crippen LogP contribution in [0.3, 0.4) is 0 Å². The van der Waals surface area contributed by atoms with E-state index in [4.69, 9.17) is 10.2 Å². The molecule has 0 aliphatic heterocycles. The van der Waals surface area contributed by atoms with Gasteiger partial charge in [0, 0.05) is 0 Å². The van der Waals surface area contributed by atoms with Crippen LogP contribution in [0.5, 0.6) is 0 Å². The van der Waals surface area contributed by atoms with Crippen molar-refractivity contribution in [1.29, 1.82) is 0 Å². The molecule has 0 spiro atoms. The van der Waals surface area contributed by atoms with Crippen molar-refractivity contribution in [3.05, 3.63) is 10.6 Å². The van der Waals surface area contributed by atoms with E-state index in [9.17, 15) is 4.79 Å². The Balaban J connectivity index is 2.82. The highest BCUT2D eigenvalue weighted by atomic mass is 32.1. The average Bonchev–Trinajstić information content (AvgIpc) is 2.29. The number of nitrogens with one attached hydrogen (secondary N) is 1. The van der Waals surface area contributed by atoms with Gasteiger partial charge >= 0.3 is 6.09 Å². The van der Waals surface area contributed by atoms with Crippen molar-refractivity contribution < 1.29 is 15.0 Å². The number of aromatic nitrogens is 1. The standard InChI is InChI=1S/C6H8N2O3S/c1-3-4(2-9)12-5(7-3)8-6(10)11/h9H,2H2,1H3,(H,7,8)(H,10,11). The molecule has 0 saturated heterocycles. The number of carboxylic acid groups (broad SMARTS) is 1. The molecule has 0 aliphatic rings. The zero-order valence-corrected chi connectivity index (χ0v) is 7.18. The minimum absolute atomic E-state index is 0.106. The number of amides is 1. The highest BCUT2D eigenvalue weighted by Crippen LogP contribution is 2.21. The van der Waals surface area contributed by atoms with Gasteiger partial charge in [0.2, 0.25) is 0 Å². The van der Waals surface area contributed by atoms with Crippen molar-refractivity contribution in [3.63, 3.8) is 0 Å². The second-order valence-electron chi connectivity index (χ2n) is 2.12. The topological polar surface area (TPSA) is 82.5 Å². The number of hydrogen-bond acceptors (Lipinski definition) is 4. The predicted octanol–water partition coefficient (Wildman–Crippen LogP) is 1.03. The van der Waals surface area contributed by atoms with Crippen LogP contribution in [0, 0.1) is 6.92 Å². The third-order valence-electron chi connectivity index (χ3n) is 1.25. The van der Waals surface area contributed by atoms with Crippen molar-refractivity contribution in [3.8, 4) is 0 Å². The number of anilines is 1. The third-order valence-corrected chi connectivity index (χ3v) is 2.31. The van der Waals surface area contributed by atoms with Gasteiger partial charge < -0.3 is 10.2 Å². The lowest BCUT2D eigenvalue weighted by Crippen LogP contribution is -2.06. The number of nitrogens with zero attached hydrogens (tertiary/aromatic N) is 1. The number of carbonyl (C=O) groups is 1. The summed E-state index contributed by atoms with van der Waals surface area (Å²) in [4.78, 5) is 14.7. The van der Waals surface area contributed by atoms with Crippen LogP contribution in [-0.2, 0) is 6.61 Å². The van der Waals surface area contributed by atoms with E-state index in [-0.39, 0.29) is 6.61 Å². The van der Waals surface area contributed by atoms with Crippen LogP contribution in [-0.4, -0.2) is 21.3 Å². The van der Waals surface area contributed by atoms with E-state index in [0.717, 1.165) is 11.3 Å². The Kier molecular flexibility index (Phi) is 2.61. The Morgan fingerprint density at radius 2 is 2.42 bits per heavy atom. The van der Waals surface area contributed by atoms with E-state index in [2.05, 4.69) is 10.3 Å². The average molecular weight is 188 g/mol. The van der Waals surface area contributed by atoms with Crippen LogP contribution in [0.2, 0.25) is 0 Å².